The Morgan fingerprint density at radius 1 is 1.16 bits per heavy atom. The molecule has 9 heteroatoms. The number of hydrogen-bond donors (Lipinski definition) is 0. The maximum atomic E-state index is 12.8. The van der Waals surface area contributed by atoms with Crippen molar-refractivity contribution in [1.82, 2.24) is 9.88 Å². The molecule has 2 aromatic carbocycles. The van der Waals surface area contributed by atoms with Crippen molar-refractivity contribution >= 4 is 40.2 Å². The van der Waals surface area contributed by atoms with Crippen LogP contribution in [0.3, 0.4) is 0 Å². The van der Waals surface area contributed by atoms with Crippen LogP contribution in [0.5, 0.6) is 5.75 Å². The predicted octanol–water partition coefficient (Wildman–Crippen LogP) is 5.39. The lowest BCUT2D eigenvalue weighted by Crippen LogP contribution is -2.33. The van der Waals surface area contributed by atoms with Gasteiger partial charge in [-0.05, 0) is 56.5 Å². The van der Waals surface area contributed by atoms with Crippen LogP contribution in [-0.2, 0) is 27.2 Å². The zero-order chi connectivity index (χ0) is 26.2. The van der Waals surface area contributed by atoms with Crippen LogP contribution >= 0.6 is 24.0 Å². The van der Waals surface area contributed by atoms with Gasteiger partial charge in [0.1, 0.15) is 15.8 Å². The molecule has 1 atom stereocenters. The van der Waals surface area contributed by atoms with Crippen molar-refractivity contribution in [2.45, 2.75) is 44.8 Å². The second-order valence-corrected chi connectivity index (χ2v) is 10.4. The number of carbonyl (C=O) groups excluding carboxylic acids is 2. The fourth-order valence-corrected chi connectivity index (χ4v) is 5.60. The van der Waals surface area contributed by atoms with E-state index >= 15 is 0 Å². The van der Waals surface area contributed by atoms with Crippen molar-refractivity contribution in [1.29, 1.82) is 0 Å². The van der Waals surface area contributed by atoms with Crippen molar-refractivity contribution in [2.24, 2.45) is 0 Å². The van der Waals surface area contributed by atoms with E-state index in [1.165, 1.54) is 11.8 Å². The molecule has 0 radical (unpaired) electrons. The molecule has 0 N–H and O–H groups in total. The lowest BCUT2D eigenvalue weighted by Gasteiger charge is -2.15. The van der Waals surface area contributed by atoms with Crippen molar-refractivity contribution in [3.63, 3.8) is 0 Å². The standard InChI is InChI=1S/C28H30N2O5S2/c1-3-33-25(31)10-7-16-30-27(32)24(37-28(30)36)18-20-11-13-22(14-12-20)34-17-15-23-19(2)35-26(29-23)21-8-5-4-6-9-21/h4-6,8-9,11-14,24H,3,7,10,15-18H2,1-2H3. The number of benzene rings is 2. The average molecular weight is 539 g/mol. The summed E-state index contributed by atoms with van der Waals surface area (Å²) in [4.78, 5) is 30.6. The number of ether oxygens (including phenoxy) is 2. The number of rotatable bonds is 12. The molecule has 194 valence electrons. The maximum absolute atomic E-state index is 12.8. The predicted molar refractivity (Wildman–Crippen MR) is 148 cm³/mol. The van der Waals surface area contributed by atoms with Crippen LogP contribution in [0.25, 0.3) is 11.5 Å². The van der Waals surface area contributed by atoms with E-state index in [2.05, 4.69) is 4.98 Å². The molecule has 0 bridgehead atoms. The molecular formula is C28H30N2O5S2. The Morgan fingerprint density at radius 3 is 2.65 bits per heavy atom. The maximum Gasteiger partial charge on any atom is 0.305 e. The Kier molecular flexibility index (Phi) is 9.35. The van der Waals surface area contributed by atoms with Crippen molar-refractivity contribution in [3.8, 4) is 17.2 Å². The van der Waals surface area contributed by atoms with Gasteiger partial charge in [-0.2, -0.15) is 0 Å². The third kappa shape index (κ3) is 7.20. The molecule has 2 heterocycles. The number of esters is 1. The highest BCUT2D eigenvalue weighted by molar-refractivity contribution is 8.24. The summed E-state index contributed by atoms with van der Waals surface area (Å²) in [6, 6.07) is 17.6. The normalized spacial score (nSPS) is 15.3. The van der Waals surface area contributed by atoms with Crippen LogP contribution in [0.4, 0.5) is 0 Å². The number of thiocarbonyl (C=S) groups is 1. The van der Waals surface area contributed by atoms with Crippen LogP contribution in [0.15, 0.2) is 59.0 Å². The Balaban J connectivity index is 1.24. The summed E-state index contributed by atoms with van der Waals surface area (Å²) in [7, 11) is 0. The van der Waals surface area contributed by atoms with E-state index in [1.54, 1.807) is 11.8 Å². The fourth-order valence-electron chi connectivity index (χ4n) is 4.01. The van der Waals surface area contributed by atoms with Crippen molar-refractivity contribution in [3.05, 3.63) is 71.6 Å². The highest BCUT2D eigenvalue weighted by Crippen LogP contribution is 2.30. The second kappa shape index (κ2) is 12.9. The first kappa shape index (κ1) is 26.9. The van der Waals surface area contributed by atoms with Crippen molar-refractivity contribution < 1.29 is 23.5 Å². The van der Waals surface area contributed by atoms with Gasteiger partial charge in [0.2, 0.25) is 11.8 Å². The molecule has 1 amide bonds. The third-order valence-electron chi connectivity index (χ3n) is 5.94. The van der Waals surface area contributed by atoms with E-state index in [0.29, 0.717) is 49.2 Å². The average Bonchev–Trinajstić information content (AvgIpc) is 3.39. The molecule has 1 aliphatic rings. The Hall–Kier alpha value is -3.17. The van der Waals surface area contributed by atoms with E-state index < -0.39 is 0 Å². The van der Waals surface area contributed by atoms with Crippen LogP contribution < -0.4 is 4.74 Å². The number of aromatic nitrogens is 1. The largest absolute Gasteiger partial charge is 0.493 e. The first-order chi connectivity index (χ1) is 17.9. The monoisotopic (exact) mass is 538 g/mol. The van der Waals surface area contributed by atoms with E-state index in [0.717, 1.165) is 28.3 Å². The zero-order valence-corrected chi connectivity index (χ0v) is 22.6. The molecule has 0 saturated carbocycles. The first-order valence-electron chi connectivity index (χ1n) is 12.4. The zero-order valence-electron chi connectivity index (χ0n) is 21.0. The minimum Gasteiger partial charge on any atom is -0.493 e. The van der Waals surface area contributed by atoms with Gasteiger partial charge in [0.05, 0.1) is 24.2 Å². The first-order valence-corrected chi connectivity index (χ1v) is 13.6. The van der Waals surface area contributed by atoms with Gasteiger partial charge in [-0.3, -0.25) is 14.5 Å². The number of aryl methyl sites for hydroxylation is 1. The number of hydrogen-bond acceptors (Lipinski definition) is 8. The lowest BCUT2D eigenvalue weighted by molar-refractivity contribution is -0.143. The summed E-state index contributed by atoms with van der Waals surface area (Å²) in [5.74, 6) is 1.92. The van der Waals surface area contributed by atoms with Gasteiger partial charge in [-0.15, -0.1) is 0 Å². The molecule has 37 heavy (non-hydrogen) atoms. The van der Waals surface area contributed by atoms with Gasteiger partial charge in [0, 0.05) is 24.9 Å². The van der Waals surface area contributed by atoms with E-state index in [9.17, 15) is 9.59 Å². The molecule has 1 aliphatic heterocycles. The summed E-state index contributed by atoms with van der Waals surface area (Å²) in [6.45, 7) is 4.97. The molecule has 1 unspecified atom stereocenters. The summed E-state index contributed by atoms with van der Waals surface area (Å²) < 4.78 is 17.2. The summed E-state index contributed by atoms with van der Waals surface area (Å²) >= 11 is 6.82. The molecular weight excluding hydrogens is 508 g/mol. The van der Waals surface area contributed by atoms with Gasteiger partial charge in [0.25, 0.3) is 0 Å². The SMILES string of the molecule is CCOC(=O)CCCN1C(=O)C(Cc2ccc(OCCc3nc(-c4ccccc4)oc3C)cc2)SC1=S. The fraction of sp³-hybridized carbons (Fsp3) is 0.357. The van der Waals surface area contributed by atoms with Crippen LogP contribution in [0.1, 0.15) is 36.8 Å². The lowest BCUT2D eigenvalue weighted by atomic mass is 10.1. The summed E-state index contributed by atoms with van der Waals surface area (Å²) in [5, 5.41) is -0.254. The second-order valence-electron chi connectivity index (χ2n) is 8.61. The highest BCUT2D eigenvalue weighted by Gasteiger charge is 2.36. The third-order valence-corrected chi connectivity index (χ3v) is 7.52. The van der Waals surface area contributed by atoms with Gasteiger partial charge >= 0.3 is 5.97 Å². The summed E-state index contributed by atoms with van der Waals surface area (Å²) in [6.07, 6.45) is 2.03. The van der Waals surface area contributed by atoms with E-state index in [-0.39, 0.29) is 23.5 Å². The Labute approximate surface area is 226 Å². The number of nitrogens with zero attached hydrogens (tertiary/aromatic N) is 2. The Morgan fingerprint density at radius 2 is 1.92 bits per heavy atom. The minimum absolute atomic E-state index is 0.00274. The van der Waals surface area contributed by atoms with Gasteiger partial charge in [-0.1, -0.05) is 54.3 Å². The molecule has 4 rings (SSSR count). The number of amides is 1. The molecule has 1 fully saturated rings. The summed E-state index contributed by atoms with van der Waals surface area (Å²) in [5.41, 5.74) is 2.87. The smallest absolute Gasteiger partial charge is 0.305 e. The minimum atomic E-state index is -0.254. The molecule has 3 aromatic rings. The van der Waals surface area contributed by atoms with E-state index in [4.69, 9.17) is 26.1 Å². The molecule has 7 nitrogen and oxygen atoms in total. The van der Waals surface area contributed by atoms with E-state index in [1.807, 2.05) is 61.5 Å². The Bertz CT molecular complexity index is 1230. The molecule has 0 spiro atoms. The number of thioether (sulfide) groups is 1. The van der Waals surface area contributed by atoms with Crippen LogP contribution in [0, 0.1) is 6.92 Å². The topological polar surface area (TPSA) is 81.9 Å². The van der Waals surface area contributed by atoms with Gasteiger partial charge < -0.3 is 13.9 Å². The molecule has 1 aromatic heterocycles. The number of oxazole rings is 1. The van der Waals surface area contributed by atoms with Gasteiger partial charge in [0.15, 0.2) is 0 Å². The molecule has 0 aliphatic carbocycles. The van der Waals surface area contributed by atoms with Crippen LogP contribution in [0.2, 0.25) is 0 Å². The van der Waals surface area contributed by atoms with Crippen molar-refractivity contribution in [2.75, 3.05) is 19.8 Å². The quantitative estimate of drug-likeness (QED) is 0.224. The molecule has 1 saturated heterocycles. The highest BCUT2D eigenvalue weighted by atomic mass is 32.2. The number of carbonyl (C=O) groups is 2. The van der Waals surface area contributed by atoms with Gasteiger partial charge in [-0.25, -0.2) is 4.98 Å². The van der Waals surface area contributed by atoms with Crippen LogP contribution in [-0.4, -0.2) is 51.1 Å².